The summed E-state index contributed by atoms with van der Waals surface area (Å²) in [7, 11) is 0. The highest BCUT2D eigenvalue weighted by molar-refractivity contribution is 5.96. The first-order valence-corrected chi connectivity index (χ1v) is 7.13. The van der Waals surface area contributed by atoms with Crippen LogP contribution in [0.15, 0.2) is 48.5 Å². The van der Waals surface area contributed by atoms with Crippen LogP contribution in [0.1, 0.15) is 36.2 Å². The number of ketones is 1. The van der Waals surface area contributed by atoms with Crippen molar-refractivity contribution in [3.05, 3.63) is 59.7 Å². The van der Waals surface area contributed by atoms with Gasteiger partial charge in [-0.25, -0.2) is 0 Å². The van der Waals surface area contributed by atoms with E-state index in [4.69, 9.17) is 0 Å². The number of para-hydroxylation sites is 1. The van der Waals surface area contributed by atoms with Crippen LogP contribution in [0.4, 0.5) is 11.4 Å². The van der Waals surface area contributed by atoms with Gasteiger partial charge in [-0.3, -0.25) is 4.79 Å². The number of anilines is 2. The Hall–Kier alpha value is -2.09. The van der Waals surface area contributed by atoms with Crippen LogP contribution in [-0.2, 0) is 0 Å². The number of aryl methyl sites for hydroxylation is 1. The number of Topliss-reactive ketones (excluding diaryl/α,β-unsaturated/α-hetero) is 1. The summed E-state index contributed by atoms with van der Waals surface area (Å²) in [6.07, 6.45) is 0.550. The maximum atomic E-state index is 11.7. The molecule has 0 saturated carbocycles. The lowest BCUT2D eigenvalue weighted by Crippen LogP contribution is -2.17. The third-order valence-electron chi connectivity index (χ3n) is 3.54. The van der Waals surface area contributed by atoms with E-state index in [0.29, 0.717) is 6.42 Å². The van der Waals surface area contributed by atoms with Crippen molar-refractivity contribution in [1.82, 2.24) is 0 Å². The molecule has 0 aromatic heterocycles. The van der Waals surface area contributed by atoms with Crippen molar-refractivity contribution in [3.8, 4) is 0 Å². The predicted molar refractivity (Wildman–Crippen MR) is 84.9 cm³/mol. The number of benzene rings is 2. The molecule has 0 radical (unpaired) electrons. The molecule has 2 heteroatoms. The Labute approximate surface area is 121 Å². The van der Waals surface area contributed by atoms with Crippen LogP contribution < -0.4 is 4.90 Å². The second-order valence-corrected chi connectivity index (χ2v) is 4.85. The van der Waals surface area contributed by atoms with Crippen LogP contribution >= 0.6 is 0 Å². The van der Waals surface area contributed by atoms with Crippen LogP contribution in [0.25, 0.3) is 0 Å². The molecule has 0 amide bonds. The molecular formula is C18H21NO. The highest BCUT2D eigenvalue weighted by Crippen LogP contribution is 2.28. The Kier molecular flexibility index (Phi) is 4.57. The van der Waals surface area contributed by atoms with E-state index in [9.17, 15) is 4.79 Å². The first-order valence-electron chi connectivity index (χ1n) is 7.13. The second kappa shape index (κ2) is 6.38. The molecule has 0 unspecified atom stereocenters. The molecule has 2 nitrogen and oxygen atoms in total. The van der Waals surface area contributed by atoms with Crippen molar-refractivity contribution in [2.45, 2.75) is 27.2 Å². The van der Waals surface area contributed by atoms with Gasteiger partial charge in [-0.1, -0.05) is 25.1 Å². The van der Waals surface area contributed by atoms with Gasteiger partial charge in [0.25, 0.3) is 0 Å². The highest BCUT2D eigenvalue weighted by Gasteiger charge is 2.10. The number of carbonyl (C=O) groups excluding carboxylic acids is 1. The average molecular weight is 267 g/mol. The van der Waals surface area contributed by atoms with E-state index in [2.05, 4.69) is 43.0 Å². The van der Waals surface area contributed by atoms with E-state index in [-0.39, 0.29) is 5.78 Å². The quantitative estimate of drug-likeness (QED) is 0.729. The minimum atomic E-state index is 0.190. The molecule has 2 aromatic rings. The largest absolute Gasteiger partial charge is 0.342 e. The lowest BCUT2D eigenvalue weighted by Gasteiger charge is -2.25. The second-order valence-electron chi connectivity index (χ2n) is 4.85. The highest BCUT2D eigenvalue weighted by atomic mass is 16.1. The fourth-order valence-corrected chi connectivity index (χ4v) is 2.39. The normalized spacial score (nSPS) is 10.3. The number of nitrogens with zero attached hydrogens (tertiary/aromatic N) is 1. The molecule has 20 heavy (non-hydrogen) atoms. The van der Waals surface area contributed by atoms with Crippen molar-refractivity contribution < 1.29 is 4.79 Å². The average Bonchev–Trinajstić information content (AvgIpc) is 2.50. The Morgan fingerprint density at radius 3 is 2.20 bits per heavy atom. The Morgan fingerprint density at radius 1 is 1.00 bits per heavy atom. The molecule has 0 aliphatic carbocycles. The van der Waals surface area contributed by atoms with E-state index in [1.807, 2.05) is 31.2 Å². The molecular weight excluding hydrogens is 246 g/mol. The van der Waals surface area contributed by atoms with Crippen LogP contribution in [0.2, 0.25) is 0 Å². The Bertz CT molecular complexity index is 587. The zero-order valence-corrected chi connectivity index (χ0v) is 12.4. The molecule has 0 aliphatic heterocycles. The maximum absolute atomic E-state index is 11.7. The van der Waals surface area contributed by atoms with E-state index in [1.54, 1.807) is 0 Å². The minimum Gasteiger partial charge on any atom is -0.342 e. The maximum Gasteiger partial charge on any atom is 0.162 e. The van der Waals surface area contributed by atoms with Gasteiger partial charge >= 0.3 is 0 Å². The summed E-state index contributed by atoms with van der Waals surface area (Å²) in [5.74, 6) is 0.190. The van der Waals surface area contributed by atoms with E-state index >= 15 is 0 Å². The van der Waals surface area contributed by atoms with E-state index in [1.165, 1.54) is 11.3 Å². The fraction of sp³-hybridized carbons (Fsp3) is 0.278. The van der Waals surface area contributed by atoms with Crippen LogP contribution in [0.3, 0.4) is 0 Å². The van der Waals surface area contributed by atoms with Crippen molar-refractivity contribution in [2.75, 3.05) is 11.4 Å². The van der Waals surface area contributed by atoms with Gasteiger partial charge in [0.1, 0.15) is 0 Å². The molecule has 0 aliphatic rings. The Morgan fingerprint density at radius 2 is 1.65 bits per heavy atom. The van der Waals surface area contributed by atoms with Gasteiger partial charge in [-0.15, -0.1) is 0 Å². The molecule has 0 bridgehead atoms. The van der Waals surface area contributed by atoms with Crippen molar-refractivity contribution >= 4 is 17.2 Å². The van der Waals surface area contributed by atoms with Crippen LogP contribution in [0, 0.1) is 6.92 Å². The molecule has 0 N–H and O–H groups in total. The first kappa shape index (κ1) is 14.3. The number of hydrogen-bond donors (Lipinski definition) is 0. The first-order chi connectivity index (χ1) is 9.67. The van der Waals surface area contributed by atoms with Gasteiger partial charge < -0.3 is 4.90 Å². The standard InChI is InChI=1S/C18H21NO/c1-4-18(20)15-10-12-16(13-11-15)19(5-2)17-9-7-6-8-14(17)3/h6-13H,4-5H2,1-3H3. The molecule has 104 valence electrons. The monoisotopic (exact) mass is 267 g/mol. The number of carbonyl (C=O) groups is 1. The van der Waals surface area contributed by atoms with Gasteiger partial charge in [0.15, 0.2) is 5.78 Å². The predicted octanol–water partition coefficient (Wildman–Crippen LogP) is 4.75. The summed E-state index contributed by atoms with van der Waals surface area (Å²) in [5.41, 5.74) is 4.37. The fourth-order valence-electron chi connectivity index (χ4n) is 2.39. The zero-order chi connectivity index (χ0) is 14.5. The summed E-state index contributed by atoms with van der Waals surface area (Å²) in [6, 6.07) is 16.2. The Balaban J connectivity index is 2.33. The van der Waals surface area contributed by atoms with Crippen molar-refractivity contribution in [1.29, 1.82) is 0 Å². The van der Waals surface area contributed by atoms with Crippen LogP contribution in [-0.4, -0.2) is 12.3 Å². The molecule has 0 fully saturated rings. The summed E-state index contributed by atoms with van der Waals surface area (Å²) < 4.78 is 0. The van der Waals surface area contributed by atoms with Crippen molar-refractivity contribution in [2.24, 2.45) is 0 Å². The molecule has 0 saturated heterocycles. The van der Waals surface area contributed by atoms with Crippen LogP contribution in [0.5, 0.6) is 0 Å². The van der Waals surface area contributed by atoms with E-state index < -0.39 is 0 Å². The summed E-state index contributed by atoms with van der Waals surface area (Å²) in [6.45, 7) is 7.04. The van der Waals surface area contributed by atoms with Gasteiger partial charge in [0, 0.05) is 29.9 Å². The topological polar surface area (TPSA) is 20.3 Å². The SMILES string of the molecule is CCC(=O)c1ccc(N(CC)c2ccccc2C)cc1. The zero-order valence-electron chi connectivity index (χ0n) is 12.4. The van der Waals surface area contributed by atoms with E-state index in [0.717, 1.165) is 17.8 Å². The third-order valence-corrected chi connectivity index (χ3v) is 3.54. The molecule has 2 aromatic carbocycles. The van der Waals surface area contributed by atoms with Gasteiger partial charge in [0.2, 0.25) is 0 Å². The molecule has 0 atom stereocenters. The lowest BCUT2D eigenvalue weighted by molar-refractivity contribution is 0.0988. The summed E-state index contributed by atoms with van der Waals surface area (Å²) in [5, 5.41) is 0. The van der Waals surface area contributed by atoms with Gasteiger partial charge in [0.05, 0.1) is 0 Å². The molecule has 0 spiro atoms. The summed E-state index contributed by atoms with van der Waals surface area (Å²) in [4.78, 5) is 13.9. The minimum absolute atomic E-state index is 0.190. The third kappa shape index (κ3) is 2.90. The number of hydrogen-bond acceptors (Lipinski definition) is 2. The van der Waals surface area contributed by atoms with Gasteiger partial charge in [-0.05, 0) is 49.7 Å². The van der Waals surface area contributed by atoms with Gasteiger partial charge in [-0.2, -0.15) is 0 Å². The molecule has 2 rings (SSSR count). The molecule has 0 heterocycles. The smallest absolute Gasteiger partial charge is 0.162 e. The van der Waals surface area contributed by atoms with Crippen molar-refractivity contribution in [3.63, 3.8) is 0 Å². The summed E-state index contributed by atoms with van der Waals surface area (Å²) >= 11 is 0. The number of rotatable bonds is 5. The lowest BCUT2D eigenvalue weighted by atomic mass is 10.1.